The van der Waals surface area contributed by atoms with E-state index in [1.807, 2.05) is 43.3 Å². The van der Waals surface area contributed by atoms with Gasteiger partial charge in [-0.1, -0.05) is 54.6 Å². The predicted octanol–water partition coefficient (Wildman–Crippen LogP) is 2.87. The molecule has 0 bridgehead atoms. The number of rotatable bonds is 4. The van der Waals surface area contributed by atoms with Crippen molar-refractivity contribution in [3.63, 3.8) is 0 Å². The molecule has 2 N–H and O–H groups in total. The zero-order chi connectivity index (χ0) is 13.0. The van der Waals surface area contributed by atoms with Crippen LogP contribution in [-0.4, -0.2) is 5.91 Å². The normalized spacial score (nSPS) is 12.1. The van der Waals surface area contributed by atoms with Crippen LogP contribution in [0.2, 0.25) is 0 Å². The van der Waals surface area contributed by atoms with Crippen LogP contribution in [0.3, 0.4) is 0 Å². The maximum atomic E-state index is 11.3. The molecular formula is C16H17NO. The number of benzene rings is 2. The fourth-order valence-corrected chi connectivity index (χ4v) is 2.09. The molecule has 0 saturated heterocycles. The number of amides is 1. The van der Waals surface area contributed by atoms with Crippen molar-refractivity contribution < 1.29 is 4.79 Å². The van der Waals surface area contributed by atoms with Gasteiger partial charge in [0.1, 0.15) is 0 Å². The third kappa shape index (κ3) is 2.77. The van der Waals surface area contributed by atoms with Crippen molar-refractivity contribution in [2.75, 3.05) is 0 Å². The molecule has 0 heterocycles. The van der Waals surface area contributed by atoms with Crippen LogP contribution in [0.5, 0.6) is 0 Å². The maximum absolute atomic E-state index is 11.3. The summed E-state index contributed by atoms with van der Waals surface area (Å²) < 4.78 is 0. The van der Waals surface area contributed by atoms with Gasteiger partial charge in [-0.25, -0.2) is 0 Å². The minimum absolute atomic E-state index is 0.245. The molecule has 0 aliphatic carbocycles. The lowest BCUT2D eigenvalue weighted by Crippen LogP contribution is -2.19. The Morgan fingerprint density at radius 1 is 1.06 bits per heavy atom. The lowest BCUT2D eigenvalue weighted by Gasteiger charge is -2.13. The van der Waals surface area contributed by atoms with E-state index in [1.165, 1.54) is 5.56 Å². The summed E-state index contributed by atoms with van der Waals surface area (Å²) in [4.78, 5) is 11.3. The Kier molecular flexibility index (Phi) is 3.78. The van der Waals surface area contributed by atoms with Crippen LogP contribution in [0, 0.1) is 0 Å². The largest absolute Gasteiger partial charge is 0.369 e. The topological polar surface area (TPSA) is 43.1 Å². The molecule has 2 heteroatoms. The number of carbonyl (C=O) groups is 1. The molecule has 0 radical (unpaired) electrons. The molecule has 1 atom stereocenters. The quantitative estimate of drug-likeness (QED) is 0.876. The molecule has 2 nitrogen and oxygen atoms in total. The van der Waals surface area contributed by atoms with Crippen molar-refractivity contribution >= 4 is 5.91 Å². The standard InChI is InChI=1S/C16H17NO/c1-12(16(17)18)15-10-6-5-9-14(15)11-13-7-3-2-4-8-13/h2-10,12H,11H2,1H3,(H2,17,18). The molecule has 0 aliphatic rings. The highest BCUT2D eigenvalue weighted by Gasteiger charge is 2.15. The zero-order valence-electron chi connectivity index (χ0n) is 10.5. The van der Waals surface area contributed by atoms with E-state index < -0.39 is 0 Å². The Balaban J connectivity index is 2.31. The minimum Gasteiger partial charge on any atom is -0.369 e. The van der Waals surface area contributed by atoms with Gasteiger partial charge in [0.15, 0.2) is 0 Å². The summed E-state index contributed by atoms with van der Waals surface area (Å²) in [6.07, 6.45) is 0.828. The molecule has 2 rings (SSSR count). The molecule has 0 saturated carbocycles. The molecule has 18 heavy (non-hydrogen) atoms. The summed E-state index contributed by atoms with van der Waals surface area (Å²) in [5, 5.41) is 0. The highest BCUT2D eigenvalue weighted by Crippen LogP contribution is 2.22. The van der Waals surface area contributed by atoms with E-state index in [2.05, 4.69) is 18.2 Å². The average Bonchev–Trinajstić information content (AvgIpc) is 2.39. The van der Waals surface area contributed by atoms with Crippen LogP contribution in [-0.2, 0) is 11.2 Å². The number of primary amides is 1. The van der Waals surface area contributed by atoms with Crippen molar-refractivity contribution in [3.8, 4) is 0 Å². The first-order chi connectivity index (χ1) is 8.68. The Hall–Kier alpha value is -2.09. The molecule has 0 aliphatic heterocycles. The third-order valence-corrected chi connectivity index (χ3v) is 3.19. The van der Waals surface area contributed by atoms with Gasteiger partial charge in [-0.3, -0.25) is 4.79 Å². The second kappa shape index (κ2) is 5.50. The lowest BCUT2D eigenvalue weighted by molar-refractivity contribution is -0.119. The summed E-state index contributed by atoms with van der Waals surface area (Å²) in [6.45, 7) is 1.85. The summed E-state index contributed by atoms with van der Waals surface area (Å²) in [7, 11) is 0. The smallest absolute Gasteiger partial charge is 0.224 e. The predicted molar refractivity (Wildman–Crippen MR) is 73.3 cm³/mol. The van der Waals surface area contributed by atoms with Crippen LogP contribution >= 0.6 is 0 Å². The molecule has 2 aromatic carbocycles. The summed E-state index contributed by atoms with van der Waals surface area (Å²) >= 11 is 0. The van der Waals surface area contributed by atoms with E-state index in [1.54, 1.807) is 0 Å². The lowest BCUT2D eigenvalue weighted by atomic mass is 9.92. The van der Waals surface area contributed by atoms with E-state index in [0.29, 0.717) is 0 Å². The van der Waals surface area contributed by atoms with E-state index in [0.717, 1.165) is 17.5 Å². The third-order valence-electron chi connectivity index (χ3n) is 3.19. The summed E-state index contributed by atoms with van der Waals surface area (Å²) in [5.41, 5.74) is 8.81. The number of carbonyl (C=O) groups excluding carboxylic acids is 1. The first-order valence-corrected chi connectivity index (χ1v) is 6.09. The second-order valence-corrected chi connectivity index (χ2v) is 4.49. The Labute approximate surface area is 107 Å². The van der Waals surface area contributed by atoms with Crippen LogP contribution < -0.4 is 5.73 Å². The van der Waals surface area contributed by atoms with E-state index >= 15 is 0 Å². The van der Waals surface area contributed by atoms with Crippen LogP contribution in [0.25, 0.3) is 0 Å². The van der Waals surface area contributed by atoms with Crippen LogP contribution in [0.1, 0.15) is 29.5 Å². The van der Waals surface area contributed by atoms with Crippen molar-refractivity contribution in [2.45, 2.75) is 19.3 Å². The van der Waals surface area contributed by atoms with Gasteiger partial charge in [0.25, 0.3) is 0 Å². The van der Waals surface area contributed by atoms with Gasteiger partial charge < -0.3 is 5.73 Å². The molecule has 0 aromatic heterocycles. The average molecular weight is 239 g/mol. The van der Waals surface area contributed by atoms with Crippen LogP contribution in [0.15, 0.2) is 54.6 Å². The van der Waals surface area contributed by atoms with Crippen molar-refractivity contribution in [1.29, 1.82) is 0 Å². The maximum Gasteiger partial charge on any atom is 0.224 e. The van der Waals surface area contributed by atoms with Gasteiger partial charge >= 0.3 is 0 Å². The van der Waals surface area contributed by atoms with Gasteiger partial charge in [0, 0.05) is 0 Å². The Bertz CT molecular complexity index is 534. The summed E-state index contributed by atoms with van der Waals surface area (Å²) in [6, 6.07) is 18.2. The van der Waals surface area contributed by atoms with E-state index in [4.69, 9.17) is 5.73 Å². The van der Waals surface area contributed by atoms with E-state index in [-0.39, 0.29) is 11.8 Å². The summed E-state index contributed by atoms with van der Waals surface area (Å²) in [5.74, 6) is -0.527. The minimum atomic E-state index is -0.282. The number of hydrogen-bond acceptors (Lipinski definition) is 1. The SMILES string of the molecule is CC(C(N)=O)c1ccccc1Cc1ccccc1. The molecule has 1 amide bonds. The van der Waals surface area contributed by atoms with Crippen molar-refractivity contribution in [1.82, 2.24) is 0 Å². The highest BCUT2D eigenvalue weighted by molar-refractivity contribution is 5.81. The van der Waals surface area contributed by atoms with Gasteiger partial charge in [-0.2, -0.15) is 0 Å². The van der Waals surface area contributed by atoms with Gasteiger partial charge in [0.2, 0.25) is 5.91 Å². The molecule has 2 aromatic rings. The Morgan fingerprint density at radius 3 is 2.33 bits per heavy atom. The fraction of sp³-hybridized carbons (Fsp3) is 0.188. The molecule has 92 valence electrons. The second-order valence-electron chi connectivity index (χ2n) is 4.49. The van der Waals surface area contributed by atoms with E-state index in [9.17, 15) is 4.79 Å². The van der Waals surface area contributed by atoms with Gasteiger partial charge in [-0.05, 0) is 30.0 Å². The first kappa shape index (κ1) is 12.4. The molecular weight excluding hydrogens is 222 g/mol. The molecule has 0 fully saturated rings. The van der Waals surface area contributed by atoms with Crippen LogP contribution in [0.4, 0.5) is 0 Å². The number of nitrogens with two attached hydrogens (primary N) is 1. The zero-order valence-corrected chi connectivity index (χ0v) is 10.5. The molecule has 0 spiro atoms. The van der Waals surface area contributed by atoms with Crippen molar-refractivity contribution in [2.24, 2.45) is 5.73 Å². The highest BCUT2D eigenvalue weighted by atomic mass is 16.1. The fourth-order valence-electron chi connectivity index (χ4n) is 2.09. The monoisotopic (exact) mass is 239 g/mol. The first-order valence-electron chi connectivity index (χ1n) is 6.09. The van der Waals surface area contributed by atoms with Crippen molar-refractivity contribution in [3.05, 3.63) is 71.3 Å². The van der Waals surface area contributed by atoms with Gasteiger partial charge in [0.05, 0.1) is 5.92 Å². The number of hydrogen-bond donors (Lipinski definition) is 1. The Morgan fingerprint density at radius 2 is 1.67 bits per heavy atom. The van der Waals surface area contributed by atoms with Gasteiger partial charge in [-0.15, -0.1) is 0 Å². The molecule has 1 unspecified atom stereocenters.